The fraction of sp³-hybridized carbons (Fsp3) is 0.900. The number of hydrogen-bond acceptors (Lipinski definition) is 5. The minimum absolute atomic E-state index is 0.0618. The van der Waals surface area contributed by atoms with Gasteiger partial charge in [0.15, 0.2) is 9.84 Å². The Labute approximate surface area is 103 Å². The van der Waals surface area contributed by atoms with Crippen LogP contribution >= 0.6 is 0 Å². The highest BCUT2D eigenvalue weighted by Gasteiger charge is 2.16. The Morgan fingerprint density at radius 2 is 1.71 bits per heavy atom. The summed E-state index contributed by atoms with van der Waals surface area (Å²) in [6.07, 6.45) is -0.612. The standard InChI is InChI=1S/C10H21NO5S/c1-10(2,3)11-9(12)16-6-8-17(13,14)7-5-15-4/h5-8H2,1-4H3,(H,11,12). The topological polar surface area (TPSA) is 81.7 Å². The number of nitrogens with one attached hydrogen (secondary N) is 1. The Bertz CT molecular complexity index is 331. The fourth-order valence-electron chi connectivity index (χ4n) is 0.916. The van der Waals surface area contributed by atoms with E-state index in [0.717, 1.165) is 0 Å². The lowest BCUT2D eigenvalue weighted by atomic mass is 10.1. The first-order valence-corrected chi connectivity index (χ1v) is 7.13. The molecule has 0 aromatic heterocycles. The Morgan fingerprint density at radius 1 is 1.18 bits per heavy atom. The minimum Gasteiger partial charge on any atom is -0.448 e. The van der Waals surface area contributed by atoms with Crippen LogP contribution in [-0.4, -0.2) is 51.9 Å². The van der Waals surface area contributed by atoms with Gasteiger partial charge in [-0.1, -0.05) is 0 Å². The molecule has 0 atom stereocenters. The highest BCUT2D eigenvalue weighted by atomic mass is 32.2. The predicted octanol–water partition coefficient (Wildman–Crippen LogP) is 0.572. The van der Waals surface area contributed by atoms with E-state index in [1.807, 2.05) is 20.8 Å². The second kappa shape index (κ2) is 6.80. The molecule has 0 fully saturated rings. The van der Waals surface area contributed by atoms with Crippen LogP contribution in [0.3, 0.4) is 0 Å². The van der Waals surface area contributed by atoms with Crippen LogP contribution in [0.15, 0.2) is 0 Å². The van der Waals surface area contributed by atoms with Crippen LogP contribution in [0.5, 0.6) is 0 Å². The monoisotopic (exact) mass is 267 g/mol. The van der Waals surface area contributed by atoms with Gasteiger partial charge in [-0.3, -0.25) is 0 Å². The lowest BCUT2D eigenvalue weighted by Crippen LogP contribution is -2.41. The fourth-order valence-corrected chi connectivity index (χ4v) is 1.88. The average Bonchev–Trinajstić information content (AvgIpc) is 2.11. The first kappa shape index (κ1) is 16.2. The predicted molar refractivity (Wildman–Crippen MR) is 64.8 cm³/mol. The van der Waals surface area contributed by atoms with Crippen molar-refractivity contribution in [2.24, 2.45) is 0 Å². The zero-order valence-electron chi connectivity index (χ0n) is 10.8. The summed E-state index contributed by atoms with van der Waals surface area (Å²) in [6.45, 7) is 5.43. The summed E-state index contributed by atoms with van der Waals surface area (Å²) in [5, 5.41) is 2.57. The van der Waals surface area contributed by atoms with E-state index in [1.165, 1.54) is 7.11 Å². The van der Waals surface area contributed by atoms with Gasteiger partial charge in [-0.05, 0) is 20.8 Å². The smallest absolute Gasteiger partial charge is 0.407 e. The Hall–Kier alpha value is -0.820. The lowest BCUT2D eigenvalue weighted by Gasteiger charge is -2.19. The molecule has 0 aliphatic carbocycles. The molecule has 0 aromatic rings. The van der Waals surface area contributed by atoms with Crippen LogP contribution < -0.4 is 5.32 Å². The van der Waals surface area contributed by atoms with Gasteiger partial charge in [-0.2, -0.15) is 0 Å². The van der Waals surface area contributed by atoms with Gasteiger partial charge in [0.2, 0.25) is 0 Å². The molecule has 7 heteroatoms. The summed E-state index contributed by atoms with van der Waals surface area (Å²) in [5.41, 5.74) is -0.397. The normalized spacial score (nSPS) is 12.2. The van der Waals surface area contributed by atoms with E-state index < -0.39 is 21.5 Å². The molecule has 0 unspecified atom stereocenters. The van der Waals surface area contributed by atoms with E-state index >= 15 is 0 Å². The van der Waals surface area contributed by atoms with Crippen molar-refractivity contribution in [1.82, 2.24) is 5.32 Å². The molecule has 102 valence electrons. The van der Waals surface area contributed by atoms with E-state index in [9.17, 15) is 13.2 Å². The number of carbonyl (C=O) groups is 1. The molecule has 0 aliphatic heterocycles. The van der Waals surface area contributed by atoms with Gasteiger partial charge in [0.1, 0.15) is 6.61 Å². The average molecular weight is 267 g/mol. The molecule has 0 aliphatic rings. The van der Waals surface area contributed by atoms with E-state index in [2.05, 4.69) is 10.1 Å². The molecule has 0 bridgehead atoms. The first-order chi connectivity index (χ1) is 7.66. The van der Waals surface area contributed by atoms with Crippen molar-refractivity contribution in [1.29, 1.82) is 0 Å². The van der Waals surface area contributed by atoms with Gasteiger partial charge in [-0.15, -0.1) is 0 Å². The Morgan fingerprint density at radius 3 is 2.18 bits per heavy atom. The molecule has 1 amide bonds. The maximum Gasteiger partial charge on any atom is 0.407 e. The summed E-state index contributed by atoms with van der Waals surface area (Å²) >= 11 is 0. The summed E-state index contributed by atoms with van der Waals surface area (Å²) < 4.78 is 32.2. The van der Waals surface area contributed by atoms with Gasteiger partial charge in [0, 0.05) is 12.6 Å². The van der Waals surface area contributed by atoms with Crippen LogP contribution in [0.25, 0.3) is 0 Å². The number of alkyl carbamates (subject to hydrolysis) is 1. The first-order valence-electron chi connectivity index (χ1n) is 5.30. The maximum atomic E-state index is 11.4. The minimum atomic E-state index is -3.21. The molecular weight excluding hydrogens is 246 g/mol. The van der Waals surface area contributed by atoms with Gasteiger partial charge < -0.3 is 14.8 Å². The third-order valence-corrected chi connectivity index (χ3v) is 3.28. The highest BCUT2D eigenvalue weighted by molar-refractivity contribution is 7.91. The lowest BCUT2D eigenvalue weighted by molar-refractivity contribution is 0.144. The van der Waals surface area contributed by atoms with Crippen LogP contribution in [0, 0.1) is 0 Å². The quantitative estimate of drug-likeness (QED) is 0.761. The van der Waals surface area contributed by atoms with Crippen LogP contribution in [0.2, 0.25) is 0 Å². The molecule has 1 N–H and O–H groups in total. The second-order valence-corrected chi connectivity index (χ2v) is 6.96. The molecule has 0 saturated carbocycles. The van der Waals surface area contributed by atoms with Crippen LogP contribution in [-0.2, 0) is 19.3 Å². The molecule has 17 heavy (non-hydrogen) atoms. The van der Waals surface area contributed by atoms with Crippen molar-refractivity contribution in [2.45, 2.75) is 26.3 Å². The van der Waals surface area contributed by atoms with Gasteiger partial charge in [0.05, 0.1) is 18.1 Å². The van der Waals surface area contributed by atoms with Gasteiger partial charge in [0.25, 0.3) is 0 Å². The van der Waals surface area contributed by atoms with E-state index in [0.29, 0.717) is 0 Å². The third kappa shape index (κ3) is 10.1. The van der Waals surface area contributed by atoms with Crippen molar-refractivity contribution in [3.8, 4) is 0 Å². The summed E-state index contributed by atoms with van der Waals surface area (Å²) in [6, 6.07) is 0. The van der Waals surface area contributed by atoms with E-state index in [1.54, 1.807) is 0 Å². The highest BCUT2D eigenvalue weighted by Crippen LogP contribution is 1.99. The number of rotatable bonds is 6. The van der Waals surface area contributed by atoms with Gasteiger partial charge >= 0.3 is 6.09 Å². The zero-order chi connectivity index (χ0) is 13.5. The second-order valence-electron chi connectivity index (χ2n) is 4.66. The number of hydrogen-bond donors (Lipinski definition) is 1. The molecular formula is C10H21NO5S. The SMILES string of the molecule is COCCS(=O)(=O)CCOC(=O)NC(C)(C)C. The van der Waals surface area contributed by atoms with Gasteiger partial charge in [-0.25, -0.2) is 13.2 Å². The summed E-state index contributed by atoms with van der Waals surface area (Å²) in [7, 11) is -1.78. The molecule has 0 rings (SSSR count). The van der Waals surface area contributed by atoms with Crippen molar-refractivity contribution in [3.05, 3.63) is 0 Å². The number of amides is 1. The molecule has 0 saturated heterocycles. The van der Waals surface area contributed by atoms with E-state index in [4.69, 9.17) is 4.74 Å². The largest absolute Gasteiger partial charge is 0.448 e. The number of sulfone groups is 1. The Balaban J connectivity index is 3.88. The van der Waals surface area contributed by atoms with E-state index in [-0.39, 0.29) is 24.7 Å². The summed E-state index contributed by atoms with van der Waals surface area (Å²) in [5.74, 6) is -0.248. The number of ether oxygens (including phenoxy) is 2. The number of methoxy groups -OCH3 is 1. The molecule has 0 radical (unpaired) electrons. The third-order valence-electron chi connectivity index (χ3n) is 1.70. The van der Waals surface area contributed by atoms with Crippen molar-refractivity contribution < 1.29 is 22.7 Å². The Kier molecular flexibility index (Phi) is 6.48. The summed E-state index contributed by atoms with van der Waals surface area (Å²) in [4.78, 5) is 11.2. The molecule has 6 nitrogen and oxygen atoms in total. The van der Waals surface area contributed by atoms with Crippen molar-refractivity contribution >= 4 is 15.9 Å². The van der Waals surface area contributed by atoms with Crippen LogP contribution in [0.4, 0.5) is 4.79 Å². The van der Waals surface area contributed by atoms with Crippen molar-refractivity contribution in [3.63, 3.8) is 0 Å². The molecule has 0 heterocycles. The van der Waals surface area contributed by atoms with Crippen LogP contribution in [0.1, 0.15) is 20.8 Å². The maximum absolute atomic E-state index is 11.4. The zero-order valence-corrected chi connectivity index (χ0v) is 11.6. The van der Waals surface area contributed by atoms with Crippen molar-refractivity contribution in [2.75, 3.05) is 31.8 Å². The molecule has 0 spiro atoms. The molecule has 0 aromatic carbocycles. The number of carbonyl (C=O) groups excluding carboxylic acids is 1.